The van der Waals surface area contributed by atoms with Crippen LogP contribution < -0.4 is 5.32 Å². The molecule has 1 atom stereocenters. The van der Waals surface area contributed by atoms with E-state index in [-0.39, 0.29) is 12.2 Å². The third-order valence-electron chi connectivity index (χ3n) is 3.87. The smallest absolute Gasteiger partial charge is 0.252 e. The van der Waals surface area contributed by atoms with Crippen LogP contribution in [0.1, 0.15) is 36.7 Å². The Kier molecular flexibility index (Phi) is 5.58. The Bertz CT molecular complexity index is 805. The number of hydrogen-bond donors (Lipinski definition) is 1. The summed E-state index contributed by atoms with van der Waals surface area (Å²) in [5.41, 5.74) is 2.50. The molecule has 0 aliphatic carbocycles. The number of aryl methyl sites for hydroxylation is 2. The van der Waals surface area contributed by atoms with Crippen LogP contribution in [0.3, 0.4) is 0 Å². The van der Waals surface area contributed by atoms with Crippen LogP contribution in [-0.4, -0.2) is 37.8 Å². The predicted octanol–water partition coefficient (Wildman–Crippen LogP) is 0.909. The molecule has 0 saturated heterocycles. The Morgan fingerprint density at radius 2 is 2.17 bits per heavy atom. The van der Waals surface area contributed by atoms with Crippen molar-refractivity contribution in [1.29, 1.82) is 5.26 Å². The number of nitrogens with zero attached hydrogens (tertiary/aromatic N) is 5. The molecular weight excluding hydrogens is 308 g/mol. The molecule has 126 valence electrons. The number of Topliss-reactive ketones (excluding diaryl/α,β-unsaturated/α-hetero) is 1. The number of aromatic nitrogens is 4. The number of amides is 1. The average Bonchev–Trinajstić information content (AvgIpc) is 3.01. The van der Waals surface area contributed by atoms with Gasteiger partial charge in [-0.05, 0) is 32.3 Å². The molecule has 2 rings (SSSR count). The zero-order chi connectivity index (χ0) is 17.7. The fourth-order valence-corrected chi connectivity index (χ4v) is 2.54. The second kappa shape index (κ2) is 7.64. The second-order valence-corrected chi connectivity index (χ2v) is 5.55. The minimum Gasteiger partial charge on any atom is -0.355 e. The summed E-state index contributed by atoms with van der Waals surface area (Å²) >= 11 is 0. The first-order valence-electron chi connectivity index (χ1n) is 7.85. The first kappa shape index (κ1) is 17.5. The highest BCUT2D eigenvalue weighted by Crippen LogP contribution is 2.16. The molecule has 2 heterocycles. The summed E-state index contributed by atoms with van der Waals surface area (Å²) in [6, 6.07) is 1.80. The van der Waals surface area contributed by atoms with E-state index >= 15 is 0 Å². The molecule has 1 amide bonds. The molecule has 0 bridgehead atoms. The van der Waals surface area contributed by atoms with Gasteiger partial charge in [-0.15, -0.1) is 0 Å². The maximum absolute atomic E-state index is 12.2. The van der Waals surface area contributed by atoms with Crippen molar-refractivity contribution in [2.24, 2.45) is 5.92 Å². The largest absolute Gasteiger partial charge is 0.355 e. The summed E-state index contributed by atoms with van der Waals surface area (Å²) in [6.07, 6.45) is 2.67. The van der Waals surface area contributed by atoms with E-state index in [4.69, 9.17) is 5.26 Å². The number of nitrogens with one attached hydrogen (secondary N) is 1. The van der Waals surface area contributed by atoms with Crippen molar-refractivity contribution in [3.63, 3.8) is 0 Å². The maximum atomic E-state index is 12.2. The zero-order valence-electron chi connectivity index (χ0n) is 14.0. The lowest BCUT2D eigenvalue weighted by atomic mass is 9.97. The van der Waals surface area contributed by atoms with E-state index in [1.165, 1.54) is 6.33 Å². The molecule has 0 aliphatic heterocycles. The van der Waals surface area contributed by atoms with E-state index in [1.54, 1.807) is 10.6 Å². The molecule has 0 fully saturated rings. The van der Waals surface area contributed by atoms with Gasteiger partial charge in [-0.1, -0.05) is 6.92 Å². The minimum absolute atomic E-state index is 0.0985. The molecule has 24 heavy (non-hydrogen) atoms. The van der Waals surface area contributed by atoms with Crippen LogP contribution in [-0.2, 0) is 16.0 Å². The first-order valence-corrected chi connectivity index (χ1v) is 7.85. The van der Waals surface area contributed by atoms with Gasteiger partial charge in [-0.25, -0.2) is 9.50 Å². The van der Waals surface area contributed by atoms with E-state index in [2.05, 4.69) is 20.4 Å². The summed E-state index contributed by atoms with van der Waals surface area (Å²) in [5.74, 6) is -1.67. The summed E-state index contributed by atoms with van der Waals surface area (Å²) < 4.78 is 1.61. The number of rotatable bonds is 7. The predicted molar refractivity (Wildman–Crippen MR) is 86.0 cm³/mol. The summed E-state index contributed by atoms with van der Waals surface area (Å²) in [7, 11) is 0. The quantitative estimate of drug-likeness (QED) is 0.756. The summed E-state index contributed by atoms with van der Waals surface area (Å²) in [5, 5.41) is 15.8. The number of nitriles is 1. The van der Waals surface area contributed by atoms with E-state index in [1.807, 2.05) is 20.8 Å². The summed E-state index contributed by atoms with van der Waals surface area (Å²) in [4.78, 5) is 32.5. The fraction of sp³-hybridized carbons (Fsp3) is 0.500. The van der Waals surface area contributed by atoms with Gasteiger partial charge in [0.15, 0.2) is 11.7 Å². The molecule has 1 unspecified atom stereocenters. The van der Waals surface area contributed by atoms with Crippen molar-refractivity contribution in [2.75, 3.05) is 6.54 Å². The van der Waals surface area contributed by atoms with Crippen molar-refractivity contribution in [3.8, 4) is 6.07 Å². The molecule has 2 aromatic rings. The molecule has 2 aromatic heterocycles. The SMILES string of the molecule is CCCNC(=O)C(C#N)C(=O)CCc1c(C)nc2ncnn2c1C. The highest BCUT2D eigenvalue weighted by molar-refractivity contribution is 6.03. The minimum atomic E-state index is -1.26. The Labute approximate surface area is 139 Å². The van der Waals surface area contributed by atoms with Gasteiger partial charge in [0.2, 0.25) is 5.91 Å². The number of carbonyl (C=O) groups is 2. The van der Waals surface area contributed by atoms with Crippen molar-refractivity contribution < 1.29 is 9.59 Å². The van der Waals surface area contributed by atoms with Gasteiger partial charge < -0.3 is 5.32 Å². The second-order valence-electron chi connectivity index (χ2n) is 5.55. The van der Waals surface area contributed by atoms with E-state index in [0.717, 1.165) is 23.4 Å². The van der Waals surface area contributed by atoms with Gasteiger partial charge >= 0.3 is 0 Å². The maximum Gasteiger partial charge on any atom is 0.252 e. The Morgan fingerprint density at radius 3 is 2.83 bits per heavy atom. The van der Waals surface area contributed by atoms with Crippen LogP contribution in [0.2, 0.25) is 0 Å². The topological polar surface area (TPSA) is 113 Å². The van der Waals surface area contributed by atoms with E-state index in [0.29, 0.717) is 18.7 Å². The van der Waals surface area contributed by atoms with Crippen LogP contribution in [0.25, 0.3) is 5.78 Å². The van der Waals surface area contributed by atoms with Gasteiger partial charge in [-0.3, -0.25) is 9.59 Å². The van der Waals surface area contributed by atoms with Gasteiger partial charge in [0.25, 0.3) is 5.78 Å². The number of fused-ring (bicyclic) bond motifs is 1. The van der Waals surface area contributed by atoms with Crippen LogP contribution >= 0.6 is 0 Å². The third-order valence-corrected chi connectivity index (χ3v) is 3.87. The lowest BCUT2D eigenvalue weighted by molar-refractivity contribution is -0.131. The molecule has 0 saturated carbocycles. The lowest BCUT2D eigenvalue weighted by Crippen LogP contribution is -2.35. The number of carbonyl (C=O) groups excluding carboxylic acids is 2. The highest BCUT2D eigenvalue weighted by atomic mass is 16.2. The van der Waals surface area contributed by atoms with Crippen LogP contribution in [0.5, 0.6) is 0 Å². The van der Waals surface area contributed by atoms with E-state index in [9.17, 15) is 9.59 Å². The fourth-order valence-electron chi connectivity index (χ4n) is 2.54. The zero-order valence-corrected chi connectivity index (χ0v) is 14.0. The molecule has 0 aliphatic rings. The van der Waals surface area contributed by atoms with Crippen LogP contribution in [0.4, 0.5) is 0 Å². The van der Waals surface area contributed by atoms with Crippen molar-refractivity contribution in [2.45, 2.75) is 40.0 Å². The Morgan fingerprint density at radius 1 is 1.42 bits per heavy atom. The third kappa shape index (κ3) is 3.56. The van der Waals surface area contributed by atoms with Crippen molar-refractivity contribution in [1.82, 2.24) is 24.9 Å². The highest BCUT2D eigenvalue weighted by Gasteiger charge is 2.26. The Hall–Kier alpha value is -2.82. The van der Waals surface area contributed by atoms with E-state index < -0.39 is 11.8 Å². The molecular formula is C16H20N6O2. The van der Waals surface area contributed by atoms with Crippen molar-refractivity contribution in [3.05, 3.63) is 23.3 Å². The normalized spacial score (nSPS) is 11.9. The van der Waals surface area contributed by atoms with Crippen LogP contribution in [0.15, 0.2) is 6.33 Å². The Balaban J connectivity index is 2.11. The van der Waals surface area contributed by atoms with Gasteiger partial charge in [0.1, 0.15) is 6.33 Å². The first-order chi connectivity index (χ1) is 11.5. The van der Waals surface area contributed by atoms with Crippen LogP contribution in [0, 0.1) is 31.1 Å². The molecule has 8 heteroatoms. The van der Waals surface area contributed by atoms with Gasteiger partial charge in [0, 0.05) is 24.4 Å². The molecule has 0 spiro atoms. The number of hydrogen-bond acceptors (Lipinski definition) is 6. The number of ketones is 1. The summed E-state index contributed by atoms with van der Waals surface area (Å²) in [6.45, 7) is 6.08. The molecule has 0 aromatic carbocycles. The standard InChI is InChI=1S/C16H20N6O2/c1-4-7-18-15(24)13(8-17)14(23)6-5-12-10(2)21-16-19-9-20-22(16)11(12)3/h9,13H,4-7H2,1-3H3,(H,18,24). The average molecular weight is 328 g/mol. The van der Waals surface area contributed by atoms with Gasteiger partial charge in [0.05, 0.1) is 6.07 Å². The molecule has 1 N–H and O–H groups in total. The lowest BCUT2D eigenvalue weighted by Gasteiger charge is -2.12. The monoisotopic (exact) mass is 328 g/mol. The molecule has 8 nitrogen and oxygen atoms in total. The van der Waals surface area contributed by atoms with Crippen molar-refractivity contribution >= 4 is 17.5 Å². The van der Waals surface area contributed by atoms with Gasteiger partial charge in [-0.2, -0.15) is 15.3 Å². The molecule has 0 radical (unpaired) electrons.